The normalized spacial score (nSPS) is 28.4. The van der Waals surface area contributed by atoms with Gasteiger partial charge in [0.15, 0.2) is 0 Å². The molecule has 98 valence electrons. The van der Waals surface area contributed by atoms with Crippen molar-refractivity contribution in [3.8, 4) is 0 Å². The van der Waals surface area contributed by atoms with Crippen LogP contribution in [-0.4, -0.2) is 34.8 Å². The van der Waals surface area contributed by atoms with Crippen LogP contribution in [0.3, 0.4) is 0 Å². The molecule has 4 heteroatoms. The van der Waals surface area contributed by atoms with Gasteiger partial charge < -0.3 is 10.0 Å². The lowest BCUT2D eigenvalue weighted by molar-refractivity contribution is 0.266. The maximum atomic E-state index is 8.96. The average Bonchev–Trinajstić information content (AvgIpc) is 3.20. The van der Waals surface area contributed by atoms with Gasteiger partial charge in [-0.1, -0.05) is 0 Å². The fourth-order valence-corrected chi connectivity index (χ4v) is 3.33. The number of anilines is 1. The van der Waals surface area contributed by atoms with E-state index in [0.717, 1.165) is 43.2 Å². The summed E-state index contributed by atoms with van der Waals surface area (Å²) in [5.74, 6) is 3.43. The Hall–Kier alpha value is -1.16. The van der Waals surface area contributed by atoms with E-state index in [-0.39, 0.29) is 0 Å². The van der Waals surface area contributed by atoms with Gasteiger partial charge in [0.1, 0.15) is 0 Å². The van der Waals surface area contributed by atoms with E-state index in [4.69, 9.17) is 5.11 Å². The topological polar surface area (TPSA) is 49.2 Å². The van der Waals surface area contributed by atoms with Crippen molar-refractivity contribution in [1.29, 1.82) is 0 Å². The molecule has 2 heterocycles. The third-order valence-corrected chi connectivity index (χ3v) is 4.46. The lowest BCUT2D eigenvalue weighted by Gasteiger charge is -2.32. The van der Waals surface area contributed by atoms with E-state index < -0.39 is 0 Å². The largest absolute Gasteiger partial charge is 0.396 e. The average molecular weight is 247 g/mol. The first-order valence-corrected chi connectivity index (χ1v) is 7.01. The monoisotopic (exact) mass is 247 g/mol. The summed E-state index contributed by atoms with van der Waals surface area (Å²) in [6, 6.07) is 1.86. The molecule has 1 N–H and O–H groups in total. The molecule has 1 aromatic heterocycles. The lowest BCUT2D eigenvalue weighted by Crippen LogP contribution is -2.35. The minimum absolute atomic E-state index is 0.359. The first kappa shape index (κ1) is 11.9. The predicted octanol–water partition coefficient (Wildman–Crippen LogP) is 1.71. The van der Waals surface area contributed by atoms with Gasteiger partial charge >= 0.3 is 0 Å². The van der Waals surface area contributed by atoms with E-state index in [0.29, 0.717) is 6.61 Å². The number of aliphatic hydroxyl groups is 1. The number of rotatable bonds is 4. The Labute approximate surface area is 108 Å². The van der Waals surface area contributed by atoms with E-state index in [1.54, 1.807) is 0 Å². The highest BCUT2D eigenvalue weighted by atomic mass is 16.3. The Kier molecular flexibility index (Phi) is 3.46. The zero-order valence-corrected chi connectivity index (χ0v) is 10.7. The zero-order chi connectivity index (χ0) is 12.4. The van der Waals surface area contributed by atoms with Gasteiger partial charge in [0.2, 0.25) is 5.95 Å². The van der Waals surface area contributed by atoms with Gasteiger partial charge in [-0.3, -0.25) is 0 Å². The second-order valence-electron chi connectivity index (χ2n) is 5.55. The van der Waals surface area contributed by atoms with Crippen LogP contribution < -0.4 is 4.90 Å². The van der Waals surface area contributed by atoms with Crippen molar-refractivity contribution in [2.45, 2.75) is 25.7 Å². The molecule has 0 aromatic carbocycles. The minimum atomic E-state index is 0.359. The maximum absolute atomic E-state index is 8.96. The quantitative estimate of drug-likeness (QED) is 0.880. The lowest BCUT2D eigenvalue weighted by atomic mass is 9.90. The third-order valence-electron chi connectivity index (χ3n) is 4.46. The summed E-state index contributed by atoms with van der Waals surface area (Å²) < 4.78 is 0. The Morgan fingerprint density at radius 3 is 2.61 bits per heavy atom. The number of hydrogen-bond donors (Lipinski definition) is 1. The van der Waals surface area contributed by atoms with Crippen molar-refractivity contribution >= 4 is 5.95 Å². The van der Waals surface area contributed by atoms with Crippen molar-refractivity contribution in [3.05, 3.63) is 18.5 Å². The highest BCUT2D eigenvalue weighted by Crippen LogP contribution is 2.49. The van der Waals surface area contributed by atoms with Crippen LogP contribution in [0.5, 0.6) is 0 Å². The summed E-state index contributed by atoms with van der Waals surface area (Å²) in [6.07, 6.45) is 8.48. The molecule has 2 atom stereocenters. The third kappa shape index (κ3) is 2.48. The summed E-state index contributed by atoms with van der Waals surface area (Å²) in [6.45, 7) is 2.52. The van der Waals surface area contributed by atoms with Crippen molar-refractivity contribution < 1.29 is 5.11 Å². The Morgan fingerprint density at radius 1 is 1.22 bits per heavy atom. The molecular formula is C14H21N3O. The minimum Gasteiger partial charge on any atom is -0.396 e. The summed E-state index contributed by atoms with van der Waals surface area (Å²) >= 11 is 0. The van der Waals surface area contributed by atoms with Crippen LogP contribution in [0.25, 0.3) is 0 Å². The van der Waals surface area contributed by atoms with Gasteiger partial charge in [-0.25, -0.2) is 9.97 Å². The summed E-state index contributed by atoms with van der Waals surface area (Å²) in [4.78, 5) is 10.9. The first-order chi connectivity index (χ1) is 8.88. The molecule has 2 fully saturated rings. The van der Waals surface area contributed by atoms with E-state index >= 15 is 0 Å². The number of hydrogen-bond acceptors (Lipinski definition) is 4. The standard InChI is InChI=1S/C14H21N3O/c18-9-4-12-10-13(12)11-2-7-17(8-3-11)14-15-5-1-6-16-14/h1,5-6,11-13,18H,2-4,7-10H2. The Morgan fingerprint density at radius 2 is 1.94 bits per heavy atom. The molecule has 1 aromatic rings. The first-order valence-electron chi connectivity index (χ1n) is 7.01. The molecule has 1 aliphatic heterocycles. The van der Waals surface area contributed by atoms with E-state index in [9.17, 15) is 0 Å². The molecule has 2 unspecified atom stereocenters. The molecule has 3 rings (SSSR count). The highest BCUT2D eigenvalue weighted by Gasteiger charge is 2.42. The summed E-state index contributed by atoms with van der Waals surface area (Å²) in [5, 5.41) is 8.96. The van der Waals surface area contributed by atoms with Crippen LogP contribution in [0.1, 0.15) is 25.7 Å². The van der Waals surface area contributed by atoms with Gasteiger partial charge in [0.05, 0.1) is 0 Å². The second kappa shape index (κ2) is 5.22. The SMILES string of the molecule is OCCC1CC1C1CCN(c2ncccn2)CC1. The predicted molar refractivity (Wildman–Crippen MR) is 70.3 cm³/mol. The molecule has 18 heavy (non-hydrogen) atoms. The summed E-state index contributed by atoms with van der Waals surface area (Å²) in [5.41, 5.74) is 0. The number of piperidine rings is 1. The van der Waals surface area contributed by atoms with Crippen LogP contribution in [0.4, 0.5) is 5.95 Å². The van der Waals surface area contributed by atoms with Crippen molar-refractivity contribution in [2.24, 2.45) is 17.8 Å². The fourth-order valence-electron chi connectivity index (χ4n) is 3.33. The van der Waals surface area contributed by atoms with Crippen LogP contribution >= 0.6 is 0 Å². The zero-order valence-electron chi connectivity index (χ0n) is 10.7. The van der Waals surface area contributed by atoms with Crippen LogP contribution in [0, 0.1) is 17.8 Å². The maximum Gasteiger partial charge on any atom is 0.225 e. The molecule has 4 nitrogen and oxygen atoms in total. The molecule has 1 saturated carbocycles. The number of nitrogens with zero attached hydrogens (tertiary/aromatic N) is 3. The Balaban J connectivity index is 1.50. The van der Waals surface area contributed by atoms with Gasteiger partial charge in [-0.15, -0.1) is 0 Å². The highest BCUT2D eigenvalue weighted by molar-refractivity contribution is 5.29. The van der Waals surface area contributed by atoms with Crippen molar-refractivity contribution in [3.63, 3.8) is 0 Å². The van der Waals surface area contributed by atoms with Gasteiger partial charge in [0, 0.05) is 32.1 Å². The number of aromatic nitrogens is 2. The molecule has 0 spiro atoms. The fraction of sp³-hybridized carbons (Fsp3) is 0.714. The smallest absolute Gasteiger partial charge is 0.225 e. The van der Waals surface area contributed by atoms with Crippen LogP contribution in [-0.2, 0) is 0 Å². The molecule has 0 radical (unpaired) electrons. The molecular weight excluding hydrogens is 226 g/mol. The van der Waals surface area contributed by atoms with Crippen LogP contribution in [0.2, 0.25) is 0 Å². The van der Waals surface area contributed by atoms with E-state index in [1.165, 1.54) is 19.3 Å². The van der Waals surface area contributed by atoms with Gasteiger partial charge in [-0.2, -0.15) is 0 Å². The molecule has 1 aliphatic carbocycles. The summed E-state index contributed by atoms with van der Waals surface area (Å²) in [7, 11) is 0. The Bertz CT molecular complexity index is 376. The van der Waals surface area contributed by atoms with Crippen LogP contribution in [0.15, 0.2) is 18.5 Å². The second-order valence-corrected chi connectivity index (χ2v) is 5.55. The number of aliphatic hydroxyl groups excluding tert-OH is 1. The molecule has 1 saturated heterocycles. The molecule has 0 bridgehead atoms. The molecule has 0 amide bonds. The van der Waals surface area contributed by atoms with Gasteiger partial charge in [0.25, 0.3) is 0 Å². The van der Waals surface area contributed by atoms with Gasteiger partial charge in [-0.05, 0) is 49.5 Å². The molecule has 2 aliphatic rings. The van der Waals surface area contributed by atoms with Crippen molar-refractivity contribution in [2.75, 3.05) is 24.6 Å². The van der Waals surface area contributed by atoms with E-state index in [1.807, 2.05) is 18.5 Å². The van der Waals surface area contributed by atoms with Crippen molar-refractivity contribution in [1.82, 2.24) is 9.97 Å². The van der Waals surface area contributed by atoms with E-state index in [2.05, 4.69) is 14.9 Å².